The van der Waals surface area contributed by atoms with Crippen molar-refractivity contribution in [3.05, 3.63) is 29.8 Å². The fourth-order valence-corrected chi connectivity index (χ4v) is 3.19. The summed E-state index contributed by atoms with van der Waals surface area (Å²) < 4.78 is 5.35. The van der Waals surface area contributed by atoms with Crippen molar-refractivity contribution in [3.63, 3.8) is 0 Å². The molecular weight excluding hydrogens is 280 g/mol. The first-order valence-corrected chi connectivity index (χ1v) is 7.91. The van der Waals surface area contributed by atoms with Crippen LogP contribution in [0.5, 0.6) is 0 Å². The summed E-state index contributed by atoms with van der Waals surface area (Å²) in [6.07, 6.45) is 1.74. The number of nitrogens with one attached hydrogen (secondary N) is 1. The molecule has 0 bridgehead atoms. The molecule has 0 unspecified atom stereocenters. The monoisotopic (exact) mass is 302 g/mol. The normalized spacial score (nSPS) is 24.6. The second kappa shape index (κ2) is 6.48. The highest BCUT2D eigenvalue weighted by Crippen LogP contribution is 2.27. The van der Waals surface area contributed by atoms with Crippen LogP contribution in [-0.4, -0.2) is 42.5 Å². The number of anilines is 1. The minimum absolute atomic E-state index is 0.0292. The largest absolute Gasteiger partial charge is 0.377 e. The maximum atomic E-state index is 12.3. The van der Waals surface area contributed by atoms with E-state index in [-0.39, 0.29) is 23.8 Å². The molecule has 5 nitrogen and oxygen atoms in total. The first-order valence-electron chi connectivity index (χ1n) is 7.91. The Hall–Kier alpha value is -1.88. The van der Waals surface area contributed by atoms with E-state index < -0.39 is 0 Å². The molecule has 1 aromatic carbocycles. The zero-order valence-corrected chi connectivity index (χ0v) is 12.9. The third kappa shape index (κ3) is 3.14. The van der Waals surface area contributed by atoms with E-state index in [0.29, 0.717) is 39.0 Å². The predicted molar refractivity (Wildman–Crippen MR) is 83.5 cm³/mol. The number of rotatable bonds is 3. The molecule has 2 aliphatic rings. The molecule has 1 aromatic rings. The van der Waals surface area contributed by atoms with Gasteiger partial charge in [-0.25, -0.2) is 0 Å². The average Bonchev–Trinajstić information content (AvgIpc) is 2.53. The van der Waals surface area contributed by atoms with E-state index in [9.17, 15) is 9.59 Å². The minimum atomic E-state index is -0.116. The number of morpholine rings is 1. The molecule has 2 amide bonds. The molecule has 2 aliphatic heterocycles. The second-order valence-corrected chi connectivity index (χ2v) is 6.10. The maximum absolute atomic E-state index is 12.3. The summed E-state index contributed by atoms with van der Waals surface area (Å²) in [5.74, 6) is 0.0409. The van der Waals surface area contributed by atoms with Gasteiger partial charge in [0.15, 0.2) is 0 Å². The van der Waals surface area contributed by atoms with Gasteiger partial charge in [0.05, 0.1) is 19.3 Å². The first-order chi connectivity index (χ1) is 10.6. The summed E-state index contributed by atoms with van der Waals surface area (Å²) in [4.78, 5) is 26.4. The van der Waals surface area contributed by atoms with Crippen molar-refractivity contribution >= 4 is 17.5 Å². The molecule has 0 saturated carbocycles. The molecule has 1 saturated heterocycles. The highest BCUT2D eigenvalue weighted by atomic mass is 16.5. The molecule has 1 fully saturated rings. The van der Waals surface area contributed by atoms with Crippen molar-refractivity contribution in [2.24, 2.45) is 5.92 Å². The van der Waals surface area contributed by atoms with Crippen molar-refractivity contribution in [3.8, 4) is 0 Å². The Morgan fingerprint density at radius 3 is 3.05 bits per heavy atom. The topological polar surface area (TPSA) is 58.6 Å². The molecule has 1 N–H and O–H groups in total. The van der Waals surface area contributed by atoms with Gasteiger partial charge in [-0.15, -0.1) is 0 Å². The third-order valence-corrected chi connectivity index (χ3v) is 4.51. The summed E-state index contributed by atoms with van der Waals surface area (Å²) in [7, 11) is 0. The minimum Gasteiger partial charge on any atom is -0.377 e. The number of ether oxygens (including phenoxy) is 1. The van der Waals surface area contributed by atoms with Crippen LogP contribution >= 0.6 is 0 Å². The number of benzene rings is 1. The molecular formula is C17H22N2O3. The fourth-order valence-electron chi connectivity index (χ4n) is 3.19. The van der Waals surface area contributed by atoms with E-state index in [4.69, 9.17) is 4.74 Å². The van der Waals surface area contributed by atoms with Gasteiger partial charge in [-0.3, -0.25) is 9.59 Å². The molecule has 3 rings (SSSR count). The molecule has 0 spiro atoms. The van der Waals surface area contributed by atoms with Crippen LogP contribution in [0.3, 0.4) is 0 Å². The van der Waals surface area contributed by atoms with Crippen LogP contribution in [-0.2, 0) is 20.7 Å². The van der Waals surface area contributed by atoms with Crippen LogP contribution in [0.2, 0.25) is 0 Å². The molecule has 5 heteroatoms. The lowest BCUT2D eigenvalue weighted by atomic mass is 9.89. The van der Waals surface area contributed by atoms with Gasteiger partial charge in [-0.1, -0.05) is 18.2 Å². The third-order valence-electron chi connectivity index (χ3n) is 4.51. The number of fused-ring (bicyclic) bond motifs is 1. The van der Waals surface area contributed by atoms with Crippen molar-refractivity contribution in [2.75, 3.05) is 25.1 Å². The summed E-state index contributed by atoms with van der Waals surface area (Å²) in [5, 5.41) is 2.94. The van der Waals surface area contributed by atoms with Crippen LogP contribution in [0.25, 0.3) is 0 Å². The van der Waals surface area contributed by atoms with Crippen LogP contribution in [0.1, 0.15) is 25.3 Å². The van der Waals surface area contributed by atoms with E-state index in [0.717, 1.165) is 11.3 Å². The van der Waals surface area contributed by atoms with Gasteiger partial charge in [-0.05, 0) is 31.4 Å². The van der Waals surface area contributed by atoms with E-state index >= 15 is 0 Å². The SMILES string of the molecule is C[C@H]1COCCN1C(=O)CC[C@H]1Cc2ccccc2NC1=O. The average molecular weight is 302 g/mol. The lowest BCUT2D eigenvalue weighted by molar-refractivity contribution is -0.139. The molecule has 2 heterocycles. The fraction of sp³-hybridized carbons (Fsp3) is 0.529. The molecule has 22 heavy (non-hydrogen) atoms. The Kier molecular flexibility index (Phi) is 4.43. The van der Waals surface area contributed by atoms with Crippen molar-refractivity contribution in [1.82, 2.24) is 4.90 Å². The molecule has 0 aromatic heterocycles. The smallest absolute Gasteiger partial charge is 0.227 e. The zero-order valence-electron chi connectivity index (χ0n) is 12.9. The lowest BCUT2D eigenvalue weighted by Gasteiger charge is -2.34. The second-order valence-electron chi connectivity index (χ2n) is 6.10. The van der Waals surface area contributed by atoms with E-state index in [1.165, 1.54) is 0 Å². The summed E-state index contributed by atoms with van der Waals surface area (Å²) in [6, 6.07) is 7.98. The van der Waals surface area contributed by atoms with Crippen LogP contribution in [0.4, 0.5) is 5.69 Å². The number of amides is 2. The Labute approximate surface area is 130 Å². The standard InChI is InChI=1S/C17H22N2O3/c1-12-11-22-9-8-19(12)16(20)7-6-14-10-13-4-2-3-5-15(13)18-17(14)21/h2-5,12,14H,6-11H2,1H3,(H,18,21)/t12-,14-/m0/s1. The molecule has 0 radical (unpaired) electrons. The van der Waals surface area contributed by atoms with E-state index in [2.05, 4.69) is 5.32 Å². The first kappa shape index (κ1) is 15.0. The Balaban J connectivity index is 1.57. The van der Waals surface area contributed by atoms with Gasteiger partial charge in [0.25, 0.3) is 0 Å². The van der Waals surface area contributed by atoms with Gasteiger partial charge in [-0.2, -0.15) is 0 Å². The summed E-state index contributed by atoms with van der Waals surface area (Å²) >= 11 is 0. The van der Waals surface area contributed by atoms with Gasteiger partial charge in [0.1, 0.15) is 0 Å². The van der Waals surface area contributed by atoms with Crippen molar-refractivity contribution < 1.29 is 14.3 Å². The van der Waals surface area contributed by atoms with Crippen LogP contribution in [0.15, 0.2) is 24.3 Å². The quantitative estimate of drug-likeness (QED) is 0.926. The number of nitrogens with zero attached hydrogens (tertiary/aromatic N) is 1. The number of carbonyl (C=O) groups is 2. The molecule has 118 valence electrons. The zero-order chi connectivity index (χ0) is 15.5. The Morgan fingerprint density at radius 1 is 1.41 bits per heavy atom. The summed E-state index contributed by atoms with van der Waals surface area (Å²) in [6.45, 7) is 3.86. The highest BCUT2D eigenvalue weighted by Gasteiger charge is 2.28. The van der Waals surface area contributed by atoms with Gasteiger partial charge >= 0.3 is 0 Å². The van der Waals surface area contributed by atoms with E-state index in [1.54, 1.807) is 0 Å². The lowest BCUT2D eigenvalue weighted by Crippen LogP contribution is -2.47. The highest BCUT2D eigenvalue weighted by molar-refractivity contribution is 5.96. The van der Waals surface area contributed by atoms with Crippen molar-refractivity contribution in [1.29, 1.82) is 0 Å². The molecule has 0 aliphatic carbocycles. The predicted octanol–water partition coefficient (Wildman–Crippen LogP) is 1.82. The van der Waals surface area contributed by atoms with Gasteiger partial charge < -0.3 is 15.0 Å². The van der Waals surface area contributed by atoms with E-state index in [1.807, 2.05) is 36.1 Å². The number of hydrogen-bond donors (Lipinski definition) is 1. The summed E-state index contributed by atoms with van der Waals surface area (Å²) in [5.41, 5.74) is 2.05. The number of carbonyl (C=O) groups excluding carboxylic acids is 2. The van der Waals surface area contributed by atoms with Crippen LogP contribution in [0, 0.1) is 5.92 Å². The Bertz CT molecular complexity index is 573. The number of hydrogen-bond acceptors (Lipinski definition) is 3. The van der Waals surface area contributed by atoms with Gasteiger partial charge in [0, 0.05) is 24.6 Å². The molecule has 2 atom stereocenters. The van der Waals surface area contributed by atoms with Crippen molar-refractivity contribution in [2.45, 2.75) is 32.2 Å². The number of para-hydroxylation sites is 1. The van der Waals surface area contributed by atoms with Crippen LogP contribution < -0.4 is 5.32 Å². The Morgan fingerprint density at radius 2 is 2.23 bits per heavy atom. The van der Waals surface area contributed by atoms with Gasteiger partial charge in [0.2, 0.25) is 11.8 Å². The maximum Gasteiger partial charge on any atom is 0.227 e.